The van der Waals surface area contributed by atoms with Crippen LogP contribution in [0.5, 0.6) is 0 Å². The minimum atomic E-state index is 0.707. The van der Waals surface area contributed by atoms with Crippen molar-refractivity contribution in [1.82, 2.24) is 5.32 Å². The third kappa shape index (κ3) is 3.05. The van der Waals surface area contributed by atoms with Gasteiger partial charge in [0.15, 0.2) is 0 Å². The van der Waals surface area contributed by atoms with Crippen LogP contribution in [-0.2, 0) is 6.42 Å². The lowest BCUT2D eigenvalue weighted by atomic mass is 10.1. The first-order valence-electron chi connectivity index (χ1n) is 7.21. The number of rotatable bonds is 6. The molecule has 0 aliphatic carbocycles. The minimum Gasteiger partial charge on any atom is -0.368 e. The third-order valence-electron chi connectivity index (χ3n) is 3.72. The van der Waals surface area contributed by atoms with Gasteiger partial charge in [-0.25, -0.2) is 0 Å². The van der Waals surface area contributed by atoms with Gasteiger partial charge in [0.25, 0.3) is 0 Å². The number of nitrogens with one attached hydrogen (secondary N) is 1. The summed E-state index contributed by atoms with van der Waals surface area (Å²) in [6.07, 6.45) is 3.79. The number of hydrogen-bond acceptors (Lipinski definition) is 2. The van der Waals surface area contributed by atoms with Crippen LogP contribution in [0.3, 0.4) is 0 Å². The molecule has 2 rings (SSSR count). The molecule has 2 nitrogen and oxygen atoms in total. The number of para-hydroxylation sites is 1. The van der Waals surface area contributed by atoms with Crippen LogP contribution in [-0.4, -0.2) is 26.2 Å². The Balaban J connectivity index is 2.07. The van der Waals surface area contributed by atoms with Gasteiger partial charge >= 0.3 is 0 Å². The Kier molecular flexibility index (Phi) is 4.65. The SMILES string of the molecule is CNCCCC1Cc2ccccc2N1CC(C)C. The molecule has 1 aliphatic rings. The Morgan fingerprint density at radius 2 is 2.11 bits per heavy atom. The van der Waals surface area contributed by atoms with Crippen LogP contribution in [0.2, 0.25) is 0 Å². The molecule has 1 atom stereocenters. The molecule has 100 valence electrons. The van der Waals surface area contributed by atoms with E-state index in [2.05, 4.69) is 48.3 Å². The van der Waals surface area contributed by atoms with E-state index in [0.29, 0.717) is 6.04 Å². The molecule has 0 spiro atoms. The number of anilines is 1. The Labute approximate surface area is 111 Å². The Hall–Kier alpha value is -1.02. The van der Waals surface area contributed by atoms with Crippen molar-refractivity contribution in [3.05, 3.63) is 29.8 Å². The van der Waals surface area contributed by atoms with Crippen LogP contribution < -0.4 is 10.2 Å². The summed E-state index contributed by atoms with van der Waals surface area (Å²) in [4.78, 5) is 2.63. The lowest BCUT2D eigenvalue weighted by Gasteiger charge is -2.29. The maximum atomic E-state index is 3.25. The highest BCUT2D eigenvalue weighted by atomic mass is 15.2. The molecule has 0 amide bonds. The fourth-order valence-electron chi connectivity index (χ4n) is 2.94. The summed E-state index contributed by atoms with van der Waals surface area (Å²) in [5.74, 6) is 0.725. The Bertz CT molecular complexity index is 373. The van der Waals surface area contributed by atoms with Crippen molar-refractivity contribution >= 4 is 5.69 Å². The standard InChI is InChI=1S/C16H26N2/c1-13(2)12-18-15(8-6-10-17-3)11-14-7-4-5-9-16(14)18/h4-5,7,9,13,15,17H,6,8,10-12H2,1-3H3. The summed E-state index contributed by atoms with van der Waals surface area (Å²) >= 11 is 0. The summed E-state index contributed by atoms with van der Waals surface area (Å²) in [6, 6.07) is 9.62. The van der Waals surface area contributed by atoms with E-state index in [4.69, 9.17) is 0 Å². The maximum absolute atomic E-state index is 3.25. The van der Waals surface area contributed by atoms with E-state index >= 15 is 0 Å². The van der Waals surface area contributed by atoms with E-state index in [9.17, 15) is 0 Å². The number of benzene rings is 1. The van der Waals surface area contributed by atoms with Crippen molar-refractivity contribution < 1.29 is 0 Å². The molecule has 0 aromatic heterocycles. The molecule has 0 radical (unpaired) electrons. The monoisotopic (exact) mass is 246 g/mol. The molecule has 1 aromatic rings. The van der Waals surface area contributed by atoms with Crippen LogP contribution in [0, 0.1) is 5.92 Å². The smallest absolute Gasteiger partial charge is 0.0402 e. The van der Waals surface area contributed by atoms with E-state index in [1.807, 2.05) is 7.05 Å². The topological polar surface area (TPSA) is 15.3 Å². The average molecular weight is 246 g/mol. The van der Waals surface area contributed by atoms with E-state index in [1.54, 1.807) is 0 Å². The van der Waals surface area contributed by atoms with Gasteiger partial charge in [-0.05, 0) is 50.4 Å². The predicted molar refractivity (Wildman–Crippen MR) is 79.3 cm³/mol. The molecule has 0 fully saturated rings. The molecule has 2 heteroatoms. The van der Waals surface area contributed by atoms with Gasteiger partial charge in [-0.3, -0.25) is 0 Å². The minimum absolute atomic E-state index is 0.707. The van der Waals surface area contributed by atoms with E-state index in [-0.39, 0.29) is 0 Å². The highest BCUT2D eigenvalue weighted by molar-refractivity contribution is 5.59. The van der Waals surface area contributed by atoms with Crippen molar-refractivity contribution in [2.24, 2.45) is 5.92 Å². The lowest BCUT2D eigenvalue weighted by molar-refractivity contribution is 0.506. The van der Waals surface area contributed by atoms with Gasteiger partial charge in [-0.2, -0.15) is 0 Å². The second-order valence-corrected chi connectivity index (χ2v) is 5.78. The zero-order chi connectivity index (χ0) is 13.0. The first kappa shape index (κ1) is 13.4. The van der Waals surface area contributed by atoms with Crippen LogP contribution >= 0.6 is 0 Å². The Morgan fingerprint density at radius 3 is 2.83 bits per heavy atom. The molecule has 1 unspecified atom stereocenters. The van der Waals surface area contributed by atoms with Gasteiger partial charge in [0.05, 0.1) is 0 Å². The van der Waals surface area contributed by atoms with Crippen molar-refractivity contribution in [3.8, 4) is 0 Å². The van der Waals surface area contributed by atoms with E-state index in [0.717, 1.165) is 12.5 Å². The summed E-state index contributed by atoms with van der Waals surface area (Å²) in [6.45, 7) is 6.93. The predicted octanol–water partition coefficient (Wildman–Crippen LogP) is 3.07. The molecular weight excluding hydrogens is 220 g/mol. The highest BCUT2D eigenvalue weighted by Crippen LogP contribution is 2.34. The van der Waals surface area contributed by atoms with Crippen molar-refractivity contribution in [2.75, 3.05) is 25.0 Å². The number of hydrogen-bond donors (Lipinski definition) is 1. The van der Waals surface area contributed by atoms with Gasteiger partial charge in [-0.15, -0.1) is 0 Å². The lowest BCUT2D eigenvalue weighted by Crippen LogP contribution is -2.35. The highest BCUT2D eigenvalue weighted by Gasteiger charge is 2.28. The Morgan fingerprint density at radius 1 is 1.33 bits per heavy atom. The quantitative estimate of drug-likeness (QED) is 0.776. The molecule has 0 bridgehead atoms. The first-order chi connectivity index (χ1) is 8.72. The zero-order valence-electron chi connectivity index (χ0n) is 11.9. The van der Waals surface area contributed by atoms with E-state index in [1.165, 1.54) is 37.1 Å². The number of nitrogens with zero attached hydrogens (tertiary/aromatic N) is 1. The van der Waals surface area contributed by atoms with Crippen molar-refractivity contribution in [3.63, 3.8) is 0 Å². The molecule has 0 saturated heterocycles. The van der Waals surface area contributed by atoms with Gasteiger partial charge < -0.3 is 10.2 Å². The maximum Gasteiger partial charge on any atom is 0.0402 e. The third-order valence-corrected chi connectivity index (χ3v) is 3.72. The van der Waals surface area contributed by atoms with Crippen molar-refractivity contribution in [2.45, 2.75) is 39.2 Å². The van der Waals surface area contributed by atoms with E-state index < -0.39 is 0 Å². The summed E-state index contributed by atoms with van der Waals surface area (Å²) in [7, 11) is 2.04. The van der Waals surface area contributed by atoms with Gasteiger partial charge in [-0.1, -0.05) is 32.0 Å². The largest absolute Gasteiger partial charge is 0.368 e. The molecular formula is C16H26N2. The molecule has 18 heavy (non-hydrogen) atoms. The molecule has 1 heterocycles. The number of fused-ring (bicyclic) bond motifs is 1. The molecule has 1 aromatic carbocycles. The normalized spacial score (nSPS) is 18.4. The van der Waals surface area contributed by atoms with Crippen molar-refractivity contribution in [1.29, 1.82) is 0 Å². The van der Waals surface area contributed by atoms with Crippen LogP contribution in [0.25, 0.3) is 0 Å². The second-order valence-electron chi connectivity index (χ2n) is 5.78. The molecule has 0 saturated carbocycles. The fraction of sp³-hybridized carbons (Fsp3) is 0.625. The van der Waals surface area contributed by atoms with Crippen LogP contribution in [0.15, 0.2) is 24.3 Å². The van der Waals surface area contributed by atoms with Gasteiger partial charge in [0.1, 0.15) is 0 Å². The second kappa shape index (κ2) is 6.24. The summed E-state index contributed by atoms with van der Waals surface area (Å²) < 4.78 is 0. The van der Waals surface area contributed by atoms with Gasteiger partial charge in [0.2, 0.25) is 0 Å². The zero-order valence-corrected chi connectivity index (χ0v) is 11.9. The fourth-order valence-corrected chi connectivity index (χ4v) is 2.94. The average Bonchev–Trinajstić information content (AvgIpc) is 2.68. The van der Waals surface area contributed by atoms with Gasteiger partial charge in [0, 0.05) is 18.3 Å². The first-order valence-corrected chi connectivity index (χ1v) is 7.21. The summed E-state index contributed by atoms with van der Waals surface area (Å²) in [5.41, 5.74) is 3.01. The van der Waals surface area contributed by atoms with Crippen LogP contribution in [0.1, 0.15) is 32.3 Å². The molecule has 1 N–H and O–H groups in total. The molecule has 1 aliphatic heterocycles. The summed E-state index contributed by atoms with van der Waals surface area (Å²) in [5, 5.41) is 3.25. The van der Waals surface area contributed by atoms with Crippen LogP contribution in [0.4, 0.5) is 5.69 Å².